The highest BCUT2D eigenvalue weighted by Crippen LogP contribution is 2.21. The fourth-order valence-corrected chi connectivity index (χ4v) is 2.32. The third-order valence-electron chi connectivity index (χ3n) is 3.35. The van der Waals surface area contributed by atoms with Crippen LogP contribution >= 0.6 is 11.6 Å². The van der Waals surface area contributed by atoms with Crippen LogP contribution in [0.1, 0.15) is 18.0 Å². The van der Waals surface area contributed by atoms with E-state index in [1.807, 2.05) is 0 Å². The Morgan fingerprint density at radius 3 is 2.29 bits per heavy atom. The van der Waals surface area contributed by atoms with Gasteiger partial charge in [-0.05, 0) is 42.0 Å². The number of amides is 3. The first-order chi connectivity index (χ1) is 11.5. The summed E-state index contributed by atoms with van der Waals surface area (Å²) in [6.07, 6.45) is 0.0383. The number of rotatable bonds is 6. The lowest BCUT2D eigenvalue weighted by Crippen LogP contribution is -2.35. The number of nitrogens with one attached hydrogen (secondary N) is 2. The Hall–Kier alpha value is -2.73. The second kappa shape index (κ2) is 8.21. The lowest BCUT2D eigenvalue weighted by molar-refractivity contribution is -0.116. The molecular weight excluding hydrogens is 330 g/mol. The van der Waals surface area contributed by atoms with Crippen molar-refractivity contribution < 1.29 is 14.3 Å². The summed E-state index contributed by atoms with van der Waals surface area (Å²) in [5.74, 6) is 0.441. The number of urea groups is 1. The normalized spacial score (nSPS) is 11.4. The zero-order chi connectivity index (χ0) is 17.5. The predicted molar refractivity (Wildman–Crippen MR) is 93.2 cm³/mol. The van der Waals surface area contributed by atoms with Crippen LogP contribution in [-0.4, -0.2) is 19.0 Å². The SMILES string of the molecule is COc1ccc(NC(=O)CC(NC(N)=O)c2ccc(Cl)cc2)cc1. The first-order valence-electron chi connectivity index (χ1n) is 7.23. The van der Waals surface area contributed by atoms with Crippen LogP contribution < -0.4 is 21.1 Å². The number of ether oxygens (including phenoxy) is 1. The Kier molecular flexibility index (Phi) is 6.03. The van der Waals surface area contributed by atoms with Crippen LogP contribution in [0.5, 0.6) is 5.75 Å². The standard InChI is InChI=1S/C17H18ClN3O3/c1-24-14-8-6-13(7-9-14)20-16(22)10-15(21-17(19)23)11-2-4-12(18)5-3-11/h2-9,15H,10H2,1H3,(H,20,22)(H3,19,21,23). The number of halogens is 1. The number of hydrogen-bond donors (Lipinski definition) is 3. The minimum atomic E-state index is -0.702. The molecule has 0 saturated heterocycles. The van der Waals surface area contributed by atoms with Gasteiger partial charge in [-0.15, -0.1) is 0 Å². The van der Waals surface area contributed by atoms with Crippen molar-refractivity contribution in [3.63, 3.8) is 0 Å². The molecule has 3 amide bonds. The quantitative estimate of drug-likeness (QED) is 0.749. The summed E-state index contributed by atoms with van der Waals surface area (Å²) in [6, 6.07) is 12.6. The van der Waals surface area contributed by atoms with E-state index < -0.39 is 12.1 Å². The van der Waals surface area contributed by atoms with Gasteiger partial charge in [0.05, 0.1) is 19.6 Å². The molecule has 1 atom stereocenters. The molecule has 0 aliphatic heterocycles. The second-order valence-electron chi connectivity index (χ2n) is 5.09. The van der Waals surface area contributed by atoms with E-state index in [9.17, 15) is 9.59 Å². The third-order valence-corrected chi connectivity index (χ3v) is 3.60. The molecular formula is C17H18ClN3O3. The Morgan fingerprint density at radius 2 is 1.75 bits per heavy atom. The van der Waals surface area contributed by atoms with Gasteiger partial charge in [0, 0.05) is 10.7 Å². The van der Waals surface area contributed by atoms with Crippen molar-refractivity contribution in [2.75, 3.05) is 12.4 Å². The molecule has 0 aliphatic carbocycles. The van der Waals surface area contributed by atoms with Gasteiger partial charge in [-0.1, -0.05) is 23.7 Å². The van der Waals surface area contributed by atoms with Crippen molar-refractivity contribution in [1.82, 2.24) is 5.32 Å². The van der Waals surface area contributed by atoms with Gasteiger partial charge in [-0.3, -0.25) is 4.79 Å². The average Bonchev–Trinajstić information content (AvgIpc) is 2.55. The molecule has 0 aromatic heterocycles. The van der Waals surface area contributed by atoms with Crippen molar-refractivity contribution in [3.05, 3.63) is 59.1 Å². The molecule has 0 fully saturated rings. The molecule has 0 saturated carbocycles. The van der Waals surface area contributed by atoms with E-state index in [1.54, 1.807) is 55.6 Å². The molecule has 1 unspecified atom stereocenters. The van der Waals surface area contributed by atoms with Crippen LogP contribution in [0, 0.1) is 0 Å². The van der Waals surface area contributed by atoms with Crippen molar-refractivity contribution in [2.24, 2.45) is 5.73 Å². The maximum absolute atomic E-state index is 12.2. The molecule has 0 radical (unpaired) electrons. The number of anilines is 1. The first-order valence-corrected chi connectivity index (χ1v) is 7.61. The van der Waals surface area contributed by atoms with Gasteiger partial charge in [-0.25, -0.2) is 4.79 Å². The Balaban J connectivity index is 2.05. The smallest absolute Gasteiger partial charge is 0.312 e. The maximum atomic E-state index is 12.2. The molecule has 2 aromatic carbocycles. The highest BCUT2D eigenvalue weighted by Gasteiger charge is 2.17. The van der Waals surface area contributed by atoms with Crippen LogP contribution in [0.25, 0.3) is 0 Å². The Bertz CT molecular complexity index is 702. The molecule has 6 nitrogen and oxygen atoms in total. The van der Waals surface area contributed by atoms with Gasteiger partial charge in [-0.2, -0.15) is 0 Å². The zero-order valence-electron chi connectivity index (χ0n) is 13.1. The topological polar surface area (TPSA) is 93.4 Å². The monoisotopic (exact) mass is 347 g/mol. The summed E-state index contributed by atoms with van der Waals surface area (Å²) in [5.41, 5.74) is 6.57. The number of nitrogens with two attached hydrogens (primary N) is 1. The maximum Gasteiger partial charge on any atom is 0.312 e. The summed E-state index contributed by atoms with van der Waals surface area (Å²) >= 11 is 5.86. The summed E-state index contributed by atoms with van der Waals surface area (Å²) in [4.78, 5) is 23.4. The lowest BCUT2D eigenvalue weighted by Gasteiger charge is -2.18. The molecule has 0 heterocycles. The van der Waals surface area contributed by atoms with Crippen LogP contribution in [0.2, 0.25) is 5.02 Å². The second-order valence-corrected chi connectivity index (χ2v) is 5.53. The van der Waals surface area contributed by atoms with E-state index in [2.05, 4.69) is 10.6 Å². The highest BCUT2D eigenvalue weighted by molar-refractivity contribution is 6.30. The van der Waals surface area contributed by atoms with Crippen LogP contribution in [0.4, 0.5) is 10.5 Å². The molecule has 7 heteroatoms. The Labute approximate surface area is 144 Å². The number of primary amides is 1. The number of carbonyl (C=O) groups excluding carboxylic acids is 2. The van der Waals surface area contributed by atoms with E-state index in [-0.39, 0.29) is 12.3 Å². The summed E-state index contributed by atoms with van der Waals surface area (Å²) in [6.45, 7) is 0. The van der Waals surface area contributed by atoms with Crippen molar-refractivity contribution in [3.8, 4) is 5.75 Å². The van der Waals surface area contributed by atoms with Crippen molar-refractivity contribution >= 4 is 29.2 Å². The molecule has 24 heavy (non-hydrogen) atoms. The highest BCUT2D eigenvalue weighted by atomic mass is 35.5. The van der Waals surface area contributed by atoms with Gasteiger partial charge < -0.3 is 21.1 Å². The summed E-state index contributed by atoms with van der Waals surface area (Å²) < 4.78 is 5.07. The van der Waals surface area contributed by atoms with Crippen LogP contribution in [-0.2, 0) is 4.79 Å². The van der Waals surface area contributed by atoms with Gasteiger partial charge in [0.15, 0.2) is 0 Å². The summed E-state index contributed by atoms with van der Waals surface area (Å²) in [5, 5.41) is 5.90. The average molecular weight is 348 g/mol. The minimum Gasteiger partial charge on any atom is -0.497 e. The number of hydrogen-bond acceptors (Lipinski definition) is 3. The largest absolute Gasteiger partial charge is 0.497 e. The van der Waals surface area contributed by atoms with Gasteiger partial charge >= 0.3 is 6.03 Å². The predicted octanol–water partition coefficient (Wildman–Crippen LogP) is 3.09. The number of methoxy groups -OCH3 is 1. The molecule has 0 aliphatic rings. The van der Waals surface area contributed by atoms with E-state index in [0.717, 1.165) is 5.56 Å². The van der Waals surface area contributed by atoms with Gasteiger partial charge in [0.25, 0.3) is 0 Å². The van der Waals surface area contributed by atoms with Crippen molar-refractivity contribution in [1.29, 1.82) is 0 Å². The van der Waals surface area contributed by atoms with Crippen LogP contribution in [0.15, 0.2) is 48.5 Å². The van der Waals surface area contributed by atoms with E-state index in [1.165, 1.54) is 0 Å². The number of benzene rings is 2. The minimum absolute atomic E-state index is 0.0383. The van der Waals surface area contributed by atoms with Gasteiger partial charge in [0.2, 0.25) is 5.91 Å². The van der Waals surface area contributed by atoms with Crippen LogP contribution in [0.3, 0.4) is 0 Å². The van der Waals surface area contributed by atoms with E-state index in [4.69, 9.17) is 22.1 Å². The fourth-order valence-electron chi connectivity index (χ4n) is 2.19. The van der Waals surface area contributed by atoms with Gasteiger partial charge in [0.1, 0.15) is 5.75 Å². The summed E-state index contributed by atoms with van der Waals surface area (Å²) in [7, 11) is 1.57. The molecule has 2 aromatic rings. The molecule has 126 valence electrons. The number of carbonyl (C=O) groups is 2. The molecule has 0 bridgehead atoms. The molecule has 4 N–H and O–H groups in total. The first kappa shape index (κ1) is 17.6. The lowest BCUT2D eigenvalue weighted by atomic mass is 10.0. The Morgan fingerprint density at radius 1 is 1.12 bits per heavy atom. The van der Waals surface area contributed by atoms with Crippen molar-refractivity contribution in [2.45, 2.75) is 12.5 Å². The van der Waals surface area contributed by atoms with E-state index in [0.29, 0.717) is 16.5 Å². The fraction of sp³-hybridized carbons (Fsp3) is 0.176. The van der Waals surface area contributed by atoms with E-state index >= 15 is 0 Å². The zero-order valence-corrected chi connectivity index (χ0v) is 13.8. The molecule has 0 spiro atoms. The third kappa shape index (κ3) is 5.17. The molecule has 2 rings (SSSR count).